The number of benzene rings is 1. The molecule has 3 aromatic rings. The fourth-order valence-electron chi connectivity index (χ4n) is 3.09. The summed E-state index contributed by atoms with van der Waals surface area (Å²) in [5.74, 6) is 0.930. The zero-order valence-corrected chi connectivity index (χ0v) is 14.0. The van der Waals surface area contributed by atoms with Gasteiger partial charge in [-0.2, -0.15) is 0 Å². The molecule has 1 aromatic carbocycles. The Labute approximate surface area is 148 Å². The number of anilines is 1. The molecule has 0 unspecified atom stereocenters. The lowest BCUT2D eigenvalue weighted by molar-refractivity contribution is -0.732. The normalized spacial score (nSPS) is 20.0. The van der Waals surface area contributed by atoms with Gasteiger partial charge in [-0.05, 0) is 53.8 Å². The molecule has 26 heavy (non-hydrogen) atoms. The predicted octanol–water partition coefficient (Wildman–Crippen LogP) is 2.59. The van der Waals surface area contributed by atoms with Crippen molar-refractivity contribution in [3.05, 3.63) is 88.3 Å². The van der Waals surface area contributed by atoms with Gasteiger partial charge in [-0.15, -0.1) is 5.01 Å². The van der Waals surface area contributed by atoms with E-state index in [-0.39, 0.29) is 5.84 Å². The van der Waals surface area contributed by atoms with Crippen LogP contribution >= 0.6 is 0 Å². The molecule has 0 saturated heterocycles. The Hall–Kier alpha value is -3.39. The van der Waals surface area contributed by atoms with Crippen LogP contribution in [0.25, 0.3) is 0 Å². The Morgan fingerprint density at radius 2 is 1.85 bits per heavy atom. The molecule has 8 nitrogen and oxygen atoms in total. The van der Waals surface area contributed by atoms with Crippen LogP contribution in [0.2, 0.25) is 0 Å². The number of quaternary nitrogens is 1. The van der Waals surface area contributed by atoms with E-state index in [1.165, 1.54) is 6.26 Å². The number of amidine groups is 1. The molecule has 0 fully saturated rings. The maximum Gasteiger partial charge on any atom is 0.430 e. The second-order valence-electron chi connectivity index (χ2n) is 6.04. The molecule has 2 aromatic heterocycles. The number of rotatable bonds is 3. The van der Waals surface area contributed by atoms with Crippen LogP contribution in [0.15, 0.2) is 75.0 Å². The lowest BCUT2D eigenvalue weighted by atomic mass is 10.1. The average molecular weight is 353 g/mol. The van der Waals surface area contributed by atoms with E-state index >= 15 is 0 Å². The number of aryl methyl sites for hydroxylation is 1. The SMILES string of the molecule is Cc1cccc(N2N=C([N+](=O)[O-])[C@H](c3ccco3)[NH2+][C@H]2c2ccco2)c1. The van der Waals surface area contributed by atoms with Crippen LogP contribution < -0.4 is 10.3 Å². The highest BCUT2D eigenvalue weighted by atomic mass is 16.6. The monoisotopic (exact) mass is 353 g/mol. The first-order valence-corrected chi connectivity index (χ1v) is 8.14. The third-order valence-corrected chi connectivity index (χ3v) is 4.26. The van der Waals surface area contributed by atoms with Crippen molar-refractivity contribution in [2.24, 2.45) is 5.10 Å². The van der Waals surface area contributed by atoms with Crippen molar-refractivity contribution in [3.8, 4) is 0 Å². The highest BCUT2D eigenvalue weighted by molar-refractivity contribution is 5.81. The summed E-state index contributed by atoms with van der Waals surface area (Å²) >= 11 is 0. The molecule has 0 amide bonds. The Bertz CT molecular complexity index is 934. The molecule has 2 atom stereocenters. The third-order valence-electron chi connectivity index (χ3n) is 4.26. The molecule has 0 spiro atoms. The second-order valence-corrected chi connectivity index (χ2v) is 6.04. The minimum absolute atomic E-state index is 0.190. The van der Waals surface area contributed by atoms with E-state index < -0.39 is 17.1 Å². The van der Waals surface area contributed by atoms with Gasteiger partial charge in [0.2, 0.25) is 0 Å². The quantitative estimate of drug-likeness (QED) is 0.576. The Kier molecular flexibility index (Phi) is 4.02. The third kappa shape index (κ3) is 2.86. The van der Waals surface area contributed by atoms with Gasteiger partial charge in [-0.1, -0.05) is 12.1 Å². The minimum Gasteiger partial charge on any atom is -0.462 e. The van der Waals surface area contributed by atoms with Gasteiger partial charge < -0.3 is 18.9 Å². The summed E-state index contributed by atoms with van der Waals surface area (Å²) in [5.41, 5.74) is 1.78. The van der Waals surface area contributed by atoms with Crippen LogP contribution in [0.4, 0.5) is 5.69 Å². The fraction of sp³-hybridized carbons (Fsp3) is 0.167. The van der Waals surface area contributed by atoms with E-state index in [0.717, 1.165) is 11.3 Å². The second kappa shape index (κ2) is 6.49. The molecule has 3 heterocycles. The Balaban J connectivity index is 1.84. The molecule has 0 bridgehead atoms. The zero-order valence-electron chi connectivity index (χ0n) is 14.0. The first-order valence-electron chi connectivity index (χ1n) is 8.14. The maximum absolute atomic E-state index is 11.7. The van der Waals surface area contributed by atoms with E-state index in [1.807, 2.05) is 42.6 Å². The van der Waals surface area contributed by atoms with Crippen LogP contribution in [0.5, 0.6) is 0 Å². The summed E-state index contributed by atoms with van der Waals surface area (Å²) < 4.78 is 11.0. The van der Waals surface area contributed by atoms with Gasteiger partial charge in [0.05, 0.1) is 23.3 Å². The molecule has 8 heteroatoms. The first kappa shape index (κ1) is 16.1. The topological polar surface area (TPSA) is 102 Å². The van der Waals surface area contributed by atoms with Gasteiger partial charge in [-0.3, -0.25) is 5.32 Å². The lowest BCUT2D eigenvalue weighted by Gasteiger charge is -2.27. The lowest BCUT2D eigenvalue weighted by Crippen LogP contribution is -2.92. The van der Waals surface area contributed by atoms with Crippen LogP contribution in [-0.4, -0.2) is 10.8 Å². The van der Waals surface area contributed by atoms with Gasteiger partial charge in [0, 0.05) is 0 Å². The van der Waals surface area contributed by atoms with Gasteiger partial charge >= 0.3 is 5.84 Å². The summed E-state index contributed by atoms with van der Waals surface area (Å²) in [6.45, 7) is 1.96. The molecular weight excluding hydrogens is 336 g/mol. The van der Waals surface area contributed by atoms with E-state index in [0.29, 0.717) is 11.5 Å². The van der Waals surface area contributed by atoms with Crippen molar-refractivity contribution in [1.82, 2.24) is 0 Å². The van der Waals surface area contributed by atoms with Crippen LogP contribution in [0, 0.1) is 17.0 Å². The average Bonchev–Trinajstić information content (AvgIpc) is 3.34. The van der Waals surface area contributed by atoms with E-state index in [9.17, 15) is 10.1 Å². The maximum atomic E-state index is 11.7. The number of hydrogen-bond acceptors (Lipinski definition) is 6. The van der Waals surface area contributed by atoms with Crippen LogP contribution in [-0.2, 0) is 0 Å². The Morgan fingerprint density at radius 3 is 2.46 bits per heavy atom. The number of hydrazone groups is 1. The minimum atomic E-state index is -0.670. The van der Waals surface area contributed by atoms with Crippen molar-refractivity contribution in [2.75, 3.05) is 5.01 Å². The highest BCUT2D eigenvalue weighted by Crippen LogP contribution is 2.29. The van der Waals surface area contributed by atoms with Crippen LogP contribution in [0.1, 0.15) is 29.3 Å². The summed E-state index contributed by atoms with van der Waals surface area (Å²) in [5, 5.41) is 19.5. The molecule has 0 aliphatic carbocycles. The number of hydrogen-bond donors (Lipinski definition) is 1. The van der Waals surface area contributed by atoms with Gasteiger partial charge in [0.15, 0.2) is 11.5 Å². The van der Waals surface area contributed by atoms with Crippen LogP contribution in [0.3, 0.4) is 0 Å². The van der Waals surface area contributed by atoms with E-state index in [4.69, 9.17) is 8.83 Å². The molecule has 0 radical (unpaired) electrons. The molecule has 2 N–H and O–H groups in total. The summed E-state index contributed by atoms with van der Waals surface area (Å²) in [4.78, 5) is 11.2. The summed E-state index contributed by atoms with van der Waals surface area (Å²) in [6, 6.07) is 14.0. The zero-order chi connectivity index (χ0) is 18.1. The van der Waals surface area contributed by atoms with E-state index in [1.54, 1.807) is 29.5 Å². The summed E-state index contributed by atoms with van der Waals surface area (Å²) in [7, 11) is 0. The van der Waals surface area contributed by atoms with Crippen molar-refractivity contribution >= 4 is 11.5 Å². The van der Waals surface area contributed by atoms with Crippen molar-refractivity contribution in [2.45, 2.75) is 19.1 Å². The number of nitrogens with two attached hydrogens (primary N) is 1. The van der Waals surface area contributed by atoms with Crippen molar-refractivity contribution < 1.29 is 19.1 Å². The fourth-order valence-corrected chi connectivity index (χ4v) is 3.09. The number of nitrogens with zero attached hydrogens (tertiary/aromatic N) is 3. The summed E-state index contributed by atoms with van der Waals surface area (Å²) in [6.07, 6.45) is 2.67. The molecule has 0 saturated carbocycles. The standard InChI is InChI=1S/C18H16N4O4/c1-12-5-2-6-13(11-12)21-17(15-8-4-10-26-15)19-16(14-7-3-9-25-14)18(20-21)22(23)24/h2-11,16-17,19H,1H3/p+1/t16-,17+/m0/s1. The molecule has 1 aliphatic heterocycles. The first-order chi connectivity index (χ1) is 12.6. The largest absolute Gasteiger partial charge is 0.462 e. The van der Waals surface area contributed by atoms with Gasteiger partial charge in [0.25, 0.3) is 12.2 Å². The van der Waals surface area contributed by atoms with E-state index in [2.05, 4.69) is 5.10 Å². The molecule has 1 aliphatic rings. The number of nitro groups is 1. The molecule has 4 rings (SSSR count). The molecule has 132 valence electrons. The smallest absolute Gasteiger partial charge is 0.430 e. The highest BCUT2D eigenvalue weighted by Gasteiger charge is 2.47. The van der Waals surface area contributed by atoms with Crippen molar-refractivity contribution in [1.29, 1.82) is 0 Å². The van der Waals surface area contributed by atoms with Gasteiger partial charge in [-0.25, -0.2) is 0 Å². The predicted molar refractivity (Wildman–Crippen MR) is 92.9 cm³/mol. The number of furan rings is 2. The molecular formula is C18H17N4O4+. The van der Waals surface area contributed by atoms with Gasteiger partial charge in [0.1, 0.15) is 0 Å². The van der Waals surface area contributed by atoms with Crippen molar-refractivity contribution in [3.63, 3.8) is 0 Å². The Morgan fingerprint density at radius 1 is 1.12 bits per heavy atom.